The Bertz CT molecular complexity index is 757. The van der Waals surface area contributed by atoms with Crippen LogP contribution in [-0.2, 0) is 10.3 Å². The molecule has 3 fully saturated rings. The maximum atomic E-state index is 6.40. The summed E-state index contributed by atoms with van der Waals surface area (Å²) < 4.78 is 11.7. The first kappa shape index (κ1) is 15.6. The molecule has 1 aromatic heterocycles. The Morgan fingerprint density at radius 1 is 1.21 bits per heavy atom. The Morgan fingerprint density at radius 2 is 1.88 bits per heavy atom. The van der Waals surface area contributed by atoms with E-state index in [-0.39, 0.29) is 11.1 Å². The molecule has 6 heteroatoms. The van der Waals surface area contributed by atoms with E-state index in [2.05, 4.69) is 41.1 Å². The number of hydrogen-bond donors (Lipinski definition) is 1. The van der Waals surface area contributed by atoms with Gasteiger partial charge in [0.1, 0.15) is 0 Å². The molecule has 6 nitrogen and oxygen atoms in total. The number of fused-ring (bicyclic) bond motifs is 1. The Labute approximate surface area is 142 Å². The molecular formula is C18H24N4O2. The second-order valence-electron chi connectivity index (χ2n) is 7.60. The number of anilines is 1. The lowest BCUT2D eigenvalue weighted by atomic mass is 9.63. The van der Waals surface area contributed by atoms with E-state index in [9.17, 15) is 0 Å². The monoisotopic (exact) mass is 328 g/mol. The van der Waals surface area contributed by atoms with Crippen LogP contribution in [0, 0.1) is 0 Å². The quantitative estimate of drug-likeness (QED) is 0.930. The van der Waals surface area contributed by atoms with Crippen LogP contribution < -0.4 is 10.6 Å². The minimum absolute atomic E-state index is 0.298. The van der Waals surface area contributed by atoms with Crippen LogP contribution in [0.1, 0.15) is 39.5 Å². The molecule has 2 bridgehead atoms. The third-order valence-electron chi connectivity index (χ3n) is 5.71. The van der Waals surface area contributed by atoms with Crippen molar-refractivity contribution >= 4 is 5.69 Å². The third-order valence-corrected chi connectivity index (χ3v) is 5.71. The van der Waals surface area contributed by atoms with Crippen LogP contribution in [0.5, 0.6) is 0 Å². The molecule has 2 aliphatic heterocycles. The van der Waals surface area contributed by atoms with Crippen molar-refractivity contribution < 1.29 is 9.26 Å². The molecule has 2 saturated heterocycles. The molecule has 1 aliphatic carbocycles. The Hall–Kier alpha value is -1.92. The zero-order valence-corrected chi connectivity index (χ0v) is 14.7. The highest BCUT2D eigenvalue weighted by Crippen LogP contribution is 2.63. The molecule has 5 rings (SSSR count). The van der Waals surface area contributed by atoms with Gasteiger partial charge >= 0.3 is 0 Å². The number of rotatable bonds is 4. The summed E-state index contributed by atoms with van der Waals surface area (Å²) in [6, 6.07) is 8.16. The van der Waals surface area contributed by atoms with Crippen molar-refractivity contribution in [2.45, 2.75) is 50.4 Å². The average molecular weight is 328 g/mol. The average Bonchev–Trinajstić information content (AvgIpc) is 3.14. The van der Waals surface area contributed by atoms with Crippen molar-refractivity contribution in [1.82, 2.24) is 10.1 Å². The summed E-state index contributed by atoms with van der Waals surface area (Å²) in [5.74, 6) is 1.13. The van der Waals surface area contributed by atoms with Gasteiger partial charge in [0.05, 0.1) is 11.1 Å². The normalized spacial score (nSPS) is 30.2. The molecule has 3 aliphatic rings. The minimum Gasteiger partial charge on any atom is -0.375 e. The van der Waals surface area contributed by atoms with Crippen LogP contribution in [0.2, 0.25) is 0 Å². The summed E-state index contributed by atoms with van der Waals surface area (Å²) >= 11 is 0. The number of aromatic nitrogens is 2. The first-order valence-corrected chi connectivity index (χ1v) is 8.43. The Morgan fingerprint density at radius 3 is 2.42 bits per heavy atom. The molecule has 0 spiro atoms. The Kier molecular flexibility index (Phi) is 3.12. The highest BCUT2D eigenvalue weighted by Gasteiger charge is 2.72. The summed E-state index contributed by atoms with van der Waals surface area (Å²) in [6.07, 6.45) is 1.46. The van der Waals surface area contributed by atoms with Crippen molar-refractivity contribution in [1.29, 1.82) is 0 Å². The van der Waals surface area contributed by atoms with E-state index < -0.39 is 5.60 Å². The number of benzene rings is 1. The van der Waals surface area contributed by atoms with Gasteiger partial charge in [0.25, 0.3) is 5.89 Å². The predicted molar refractivity (Wildman–Crippen MR) is 91.7 cm³/mol. The lowest BCUT2D eigenvalue weighted by molar-refractivity contribution is -0.0788. The number of hydrogen-bond acceptors (Lipinski definition) is 6. The fourth-order valence-corrected chi connectivity index (χ4v) is 3.82. The maximum Gasteiger partial charge on any atom is 0.259 e. The second kappa shape index (κ2) is 4.80. The van der Waals surface area contributed by atoms with Crippen LogP contribution >= 0.6 is 0 Å². The molecule has 2 N–H and O–H groups in total. The lowest BCUT2D eigenvalue weighted by Crippen LogP contribution is -2.59. The van der Waals surface area contributed by atoms with Gasteiger partial charge in [0.2, 0.25) is 5.82 Å². The molecule has 0 amide bonds. The van der Waals surface area contributed by atoms with Gasteiger partial charge in [-0.1, -0.05) is 5.16 Å². The first-order valence-electron chi connectivity index (χ1n) is 8.43. The molecule has 128 valence electrons. The summed E-state index contributed by atoms with van der Waals surface area (Å²) in [7, 11) is 2.06. The van der Waals surface area contributed by atoms with Crippen LogP contribution in [0.25, 0.3) is 11.4 Å². The van der Waals surface area contributed by atoms with E-state index in [0.29, 0.717) is 11.7 Å². The highest BCUT2D eigenvalue weighted by atomic mass is 16.6. The smallest absolute Gasteiger partial charge is 0.259 e. The first-order chi connectivity index (χ1) is 11.3. The molecule has 0 unspecified atom stereocenters. The summed E-state index contributed by atoms with van der Waals surface area (Å²) in [5, 5.41) is 4.15. The molecule has 24 heavy (non-hydrogen) atoms. The molecule has 1 saturated carbocycles. The van der Waals surface area contributed by atoms with Crippen LogP contribution in [0.4, 0.5) is 5.69 Å². The van der Waals surface area contributed by atoms with Crippen LogP contribution in [0.15, 0.2) is 28.8 Å². The van der Waals surface area contributed by atoms with Crippen molar-refractivity contribution in [3.8, 4) is 11.4 Å². The fourth-order valence-electron chi connectivity index (χ4n) is 3.82. The van der Waals surface area contributed by atoms with Crippen LogP contribution in [0.3, 0.4) is 0 Å². The van der Waals surface area contributed by atoms with Crippen molar-refractivity contribution in [3.05, 3.63) is 30.2 Å². The second-order valence-corrected chi connectivity index (χ2v) is 7.60. The SMILES string of the molecule is CCN(C)c1ccc(-c2noc(C34CC(N)(C3)C(C)(C)O4)n2)cc1. The van der Waals surface area contributed by atoms with Gasteiger partial charge in [-0.25, -0.2) is 0 Å². The predicted octanol–water partition coefficient (Wildman–Crippen LogP) is 2.69. The number of nitrogens with two attached hydrogens (primary N) is 1. The minimum atomic E-state index is -0.508. The fraction of sp³-hybridized carbons (Fsp3) is 0.556. The van der Waals surface area contributed by atoms with E-state index in [4.69, 9.17) is 15.0 Å². The summed E-state index contributed by atoms with van der Waals surface area (Å²) in [6.45, 7) is 7.14. The molecule has 1 aromatic carbocycles. The molecule has 2 aromatic rings. The van der Waals surface area contributed by atoms with Gasteiger partial charge in [0.15, 0.2) is 5.60 Å². The molecular weight excluding hydrogens is 304 g/mol. The standard InChI is InChI=1S/C18H24N4O2/c1-5-22(4)13-8-6-12(7-9-13)14-20-15(23-21-14)17-10-18(19,11-17)16(2,3)24-17/h6-9H,5,10-11,19H2,1-4H3. The Balaban J connectivity index is 1.58. The summed E-state index contributed by atoms with van der Waals surface area (Å²) in [4.78, 5) is 6.77. The zero-order valence-electron chi connectivity index (χ0n) is 14.7. The van der Waals surface area contributed by atoms with Gasteiger partial charge in [-0.2, -0.15) is 4.98 Å². The zero-order chi connectivity index (χ0) is 17.2. The third kappa shape index (κ3) is 2.03. The molecule has 0 radical (unpaired) electrons. The van der Waals surface area contributed by atoms with E-state index >= 15 is 0 Å². The van der Waals surface area contributed by atoms with E-state index in [1.807, 2.05) is 26.0 Å². The van der Waals surface area contributed by atoms with Crippen molar-refractivity contribution in [2.24, 2.45) is 5.73 Å². The molecule has 3 heterocycles. The highest BCUT2D eigenvalue weighted by molar-refractivity contribution is 5.60. The van der Waals surface area contributed by atoms with Crippen molar-refractivity contribution in [3.63, 3.8) is 0 Å². The topological polar surface area (TPSA) is 77.4 Å². The van der Waals surface area contributed by atoms with E-state index in [0.717, 1.165) is 30.6 Å². The lowest BCUT2D eigenvalue weighted by Gasteiger charge is -2.41. The van der Waals surface area contributed by atoms with Crippen molar-refractivity contribution in [2.75, 3.05) is 18.5 Å². The van der Waals surface area contributed by atoms with Gasteiger partial charge < -0.3 is 19.9 Å². The van der Waals surface area contributed by atoms with E-state index in [1.165, 1.54) is 0 Å². The van der Waals surface area contributed by atoms with Gasteiger partial charge in [-0.15, -0.1) is 0 Å². The van der Waals surface area contributed by atoms with E-state index in [1.54, 1.807) is 0 Å². The molecule has 0 atom stereocenters. The maximum absolute atomic E-state index is 6.40. The number of ether oxygens (including phenoxy) is 1. The largest absolute Gasteiger partial charge is 0.375 e. The van der Waals surface area contributed by atoms with Gasteiger partial charge in [-0.05, 0) is 45.0 Å². The van der Waals surface area contributed by atoms with Crippen LogP contribution in [-0.4, -0.2) is 34.9 Å². The number of nitrogens with zero attached hydrogens (tertiary/aromatic N) is 3. The van der Waals surface area contributed by atoms with Gasteiger partial charge in [0, 0.05) is 37.7 Å². The summed E-state index contributed by atoms with van der Waals surface area (Å²) in [5.41, 5.74) is 7.33. The van der Waals surface area contributed by atoms with Gasteiger partial charge in [-0.3, -0.25) is 0 Å².